The van der Waals surface area contributed by atoms with Crippen molar-refractivity contribution in [3.8, 4) is 0 Å². The zero-order valence-corrected chi connectivity index (χ0v) is 4.44. The third kappa shape index (κ3) is 0.855. The first kappa shape index (κ1) is 4.91. The molecule has 1 heterocycles. The zero-order valence-electron chi connectivity index (χ0n) is 3.69. The highest BCUT2D eigenvalue weighted by Gasteiger charge is 2.26. The van der Waals surface area contributed by atoms with Gasteiger partial charge in [0.05, 0.1) is 12.3 Å². The summed E-state index contributed by atoms with van der Waals surface area (Å²) in [5, 5.41) is 0. The average Bonchev–Trinajstić information content (AvgIpc) is 1.58. The van der Waals surface area contributed by atoms with Crippen LogP contribution in [0.4, 0.5) is 0 Å². The van der Waals surface area contributed by atoms with Crippen LogP contribution in [0, 0.1) is 0 Å². The molecule has 0 spiro atoms. The van der Waals surface area contributed by atoms with Crippen LogP contribution in [0.1, 0.15) is 6.42 Å². The van der Waals surface area contributed by atoms with E-state index < -0.39 is 0 Å². The molecule has 0 aromatic carbocycles. The fraction of sp³-hybridized carbons (Fsp3) is 0.750. The average molecular weight is 121 g/mol. The molecule has 1 atom stereocenters. The van der Waals surface area contributed by atoms with Crippen molar-refractivity contribution < 1.29 is 9.53 Å². The van der Waals surface area contributed by atoms with Gasteiger partial charge >= 0.3 is 5.97 Å². The second-order valence-electron chi connectivity index (χ2n) is 1.47. The van der Waals surface area contributed by atoms with E-state index in [1.807, 2.05) is 0 Å². The largest absolute Gasteiger partial charge is 0.460 e. The smallest absolute Gasteiger partial charge is 0.309 e. The molecular weight excluding hydrogens is 115 g/mol. The Balaban J connectivity index is 2.17. The number of cyclic esters (lactones) is 1. The second kappa shape index (κ2) is 1.70. The Hall–Kier alpha value is -0.240. The fourth-order valence-corrected chi connectivity index (χ4v) is 0.620. The van der Waals surface area contributed by atoms with Gasteiger partial charge in [-0.2, -0.15) is 0 Å². The second-order valence-corrected chi connectivity index (χ2v) is 1.78. The van der Waals surface area contributed by atoms with Gasteiger partial charge in [-0.05, 0) is 0 Å². The Morgan fingerprint density at radius 1 is 2.00 bits per heavy atom. The topological polar surface area (TPSA) is 26.3 Å². The van der Waals surface area contributed by atoms with Crippen molar-refractivity contribution in [3.63, 3.8) is 0 Å². The first-order valence-corrected chi connectivity index (χ1v) is 2.62. The van der Waals surface area contributed by atoms with Crippen LogP contribution >= 0.6 is 11.6 Å². The molecule has 1 aliphatic heterocycles. The van der Waals surface area contributed by atoms with Crippen molar-refractivity contribution in [1.29, 1.82) is 0 Å². The Labute approximate surface area is 46.4 Å². The van der Waals surface area contributed by atoms with E-state index in [4.69, 9.17) is 11.6 Å². The predicted octanol–water partition coefficient (Wildman–Crippen LogP) is 0.541. The molecule has 0 radical (unpaired) electrons. The van der Waals surface area contributed by atoms with E-state index in [-0.39, 0.29) is 12.1 Å². The summed E-state index contributed by atoms with van der Waals surface area (Å²) in [6.45, 7) is 0. The lowest BCUT2D eigenvalue weighted by Gasteiger charge is -2.22. The first-order valence-electron chi connectivity index (χ1n) is 2.08. The highest BCUT2D eigenvalue weighted by atomic mass is 35.5. The lowest BCUT2D eigenvalue weighted by molar-refractivity contribution is -0.166. The number of hydrogen-bond acceptors (Lipinski definition) is 2. The number of carbonyl (C=O) groups excluding carboxylic acids is 1. The van der Waals surface area contributed by atoms with Gasteiger partial charge in [-0.15, -0.1) is 11.6 Å². The van der Waals surface area contributed by atoms with Crippen molar-refractivity contribution >= 4 is 17.6 Å². The first-order chi connectivity index (χ1) is 3.33. The van der Waals surface area contributed by atoms with E-state index in [0.29, 0.717) is 12.3 Å². The van der Waals surface area contributed by atoms with Crippen molar-refractivity contribution in [1.82, 2.24) is 0 Å². The highest BCUT2D eigenvalue weighted by Crippen LogP contribution is 2.13. The summed E-state index contributed by atoms with van der Waals surface area (Å²) in [6, 6.07) is 0. The van der Waals surface area contributed by atoms with Crippen molar-refractivity contribution in [2.75, 3.05) is 5.88 Å². The molecule has 0 amide bonds. The zero-order chi connectivity index (χ0) is 5.28. The summed E-state index contributed by atoms with van der Waals surface area (Å²) in [7, 11) is 0. The van der Waals surface area contributed by atoms with Crippen LogP contribution in [-0.4, -0.2) is 18.0 Å². The maximum absolute atomic E-state index is 9.99. The minimum Gasteiger partial charge on any atom is -0.460 e. The van der Waals surface area contributed by atoms with Crippen molar-refractivity contribution in [2.45, 2.75) is 12.5 Å². The van der Waals surface area contributed by atoms with Gasteiger partial charge in [0, 0.05) is 0 Å². The monoisotopic (exact) mass is 120 g/mol. The molecule has 0 bridgehead atoms. The molecule has 1 fully saturated rings. The van der Waals surface area contributed by atoms with Crippen LogP contribution in [0.3, 0.4) is 0 Å². The van der Waals surface area contributed by atoms with Gasteiger partial charge in [-0.3, -0.25) is 4.79 Å². The van der Waals surface area contributed by atoms with E-state index in [2.05, 4.69) is 4.74 Å². The third-order valence-corrected chi connectivity index (χ3v) is 1.21. The molecule has 0 aliphatic carbocycles. The Kier molecular flexibility index (Phi) is 1.19. The number of hydrogen-bond donors (Lipinski definition) is 0. The van der Waals surface area contributed by atoms with Gasteiger partial charge in [-0.25, -0.2) is 0 Å². The molecular formula is C4H5ClO2. The number of carbonyl (C=O) groups is 1. The summed E-state index contributed by atoms with van der Waals surface area (Å²) >= 11 is 5.29. The molecule has 1 rings (SSSR count). The molecule has 40 valence electrons. The number of esters is 1. The molecule has 1 saturated heterocycles. The van der Waals surface area contributed by atoms with E-state index in [0.717, 1.165) is 0 Å². The highest BCUT2D eigenvalue weighted by molar-refractivity contribution is 6.18. The fourth-order valence-electron chi connectivity index (χ4n) is 0.448. The van der Waals surface area contributed by atoms with Gasteiger partial charge < -0.3 is 4.74 Å². The predicted molar refractivity (Wildman–Crippen MR) is 25.2 cm³/mol. The maximum Gasteiger partial charge on any atom is 0.309 e. The van der Waals surface area contributed by atoms with Gasteiger partial charge in [-0.1, -0.05) is 0 Å². The maximum atomic E-state index is 9.99. The number of halogens is 1. The van der Waals surface area contributed by atoms with Crippen LogP contribution < -0.4 is 0 Å². The van der Waals surface area contributed by atoms with Crippen molar-refractivity contribution in [2.24, 2.45) is 0 Å². The van der Waals surface area contributed by atoms with Crippen LogP contribution in [0.2, 0.25) is 0 Å². The van der Waals surface area contributed by atoms with Crippen LogP contribution in [0.15, 0.2) is 0 Å². The van der Waals surface area contributed by atoms with E-state index in [1.165, 1.54) is 0 Å². The molecule has 7 heavy (non-hydrogen) atoms. The molecule has 0 N–H and O–H groups in total. The lowest BCUT2D eigenvalue weighted by atomic mass is 10.2. The number of rotatable bonds is 1. The third-order valence-electron chi connectivity index (χ3n) is 0.865. The Bertz CT molecular complexity index is 83.7. The Morgan fingerprint density at radius 2 is 2.57 bits per heavy atom. The van der Waals surface area contributed by atoms with Crippen LogP contribution in [0.5, 0.6) is 0 Å². The number of ether oxygens (including phenoxy) is 1. The normalized spacial score (nSPS) is 28.7. The molecule has 0 aromatic heterocycles. The molecule has 2 nitrogen and oxygen atoms in total. The van der Waals surface area contributed by atoms with E-state index >= 15 is 0 Å². The Morgan fingerprint density at radius 3 is 2.71 bits per heavy atom. The standard InChI is InChI=1S/C4H5ClO2/c5-2-3-1-4(6)7-3/h3H,1-2H2/t3-/m0/s1. The van der Waals surface area contributed by atoms with E-state index in [1.54, 1.807) is 0 Å². The van der Waals surface area contributed by atoms with Gasteiger partial charge in [0.15, 0.2) is 0 Å². The molecule has 0 unspecified atom stereocenters. The van der Waals surface area contributed by atoms with E-state index in [9.17, 15) is 4.79 Å². The minimum atomic E-state index is -0.134. The summed E-state index contributed by atoms with van der Waals surface area (Å²) in [6.07, 6.45) is 0.512. The summed E-state index contributed by atoms with van der Waals surface area (Å²) < 4.78 is 4.52. The number of alkyl halides is 1. The lowest BCUT2D eigenvalue weighted by Crippen LogP contribution is -2.33. The molecule has 0 aromatic rings. The van der Waals surface area contributed by atoms with Gasteiger partial charge in [0.1, 0.15) is 6.10 Å². The van der Waals surface area contributed by atoms with Crippen LogP contribution in [-0.2, 0) is 9.53 Å². The van der Waals surface area contributed by atoms with Gasteiger partial charge in [0.2, 0.25) is 0 Å². The molecule has 0 saturated carbocycles. The van der Waals surface area contributed by atoms with Crippen LogP contribution in [0.25, 0.3) is 0 Å². The molecule has 3 heteroatoms. The SMILES string of the molecule is O=C1C[C@@H](CCl)O1. The van der Waals surface area contributed by atoms with Gasteiger partial charge in [0.25, 0.3) is 0 Å². The summed E-state index contributed by atoms with van der Waals surface area (Å²) in [5.74, 6) is 0.303. The summed E-state index contributed by atoms with van der Waals surface area (Å²) in [5.41, 5.74) is 0. The summed E-state index contributed by atoms with van der Waals surface area (Å²) in [4.78, 5) is 9.99. The molecule has 1 aliphatic rings. The van der Waals surface area contributed by atoms with Crippen molar-refractivity contribution in [3.05, 3.63) is 0 Å². The minimum absolute atomic E-state index is 0.00849. The quantitative estimate of drug-likeness (QED) is 0.373.